The van der Waals surface area contributed by atoms with Crippen molar-refractivity contribution < 1.29 is 4.42 Å². The third-order valence-electron chi connectivity index (χ3n) is 3.08. The van der Waals surface area contributed by atoms with Gasteiger partial charge < -0.3 is 9.73 Å². The summed E-state index contributed by atoms with van der Waals surface area (Å²) in [4.78, 5) is 1.20. The van der Waals surface area contributed by atoms with E-state index >= 15 is 0 Å². The summed E-state index contributed by atoms with van der Waals surface area (Å²) in [5, 5.41) is 3.58. The zero-order chi connectivity index (χ0) is 14.2. The van der Waals surface area contributed by atoms with Gasteiger partial charge in [0.15, 0.2) is 0 Å². The van der Waals surface area contributed by atoms with Crippen LogP contribution in [0, 0.1) is 0 Å². The number of nitrogens with one attached hydrogen (secondary N) is 1. The first-order chi connectivity index (χ1) is 9.81. The Morgan fingerprint density at radius 1 is 1.30 bits per heavy atom. The van der Waals surface area contributed by atoms with E-state index in [1.807, 2.05) is 30.0 Å². The largest absolute Gasteiger partial charge is 0.467 e. The first kappa shape index (κ1) is 16.0. The fourth-order valence-electron chi connectivity index (χ4n) is 2.07. The van der Waals surface area contributed by atoms with Crippen LogP contribution >= 0.6 is 34.7 Å². The van der Waals surface area contributed by atoms with Gasteiger partial charge in [0.2, 0.25) is 0 Å². The lowest BCUT2D eigenvalue weighted by Crippen LogP contribution is -2.22. The van der Waals surface area contributed by atoms with Gasteiger partial charge >= 0.3 is 0 Å². The third kappa shape index (κ3) is 4.85. The predicted octanol–water partition coefficient (Wildman–Crippen LogP) is 5.21. The van der Waals surface area contributed by atoms with E-state index in [0.29, 0.717) is 0 Å². The predicted molar refractivity (Wildman–Crippen MR) is 90.1 cm³/mol. The molecule has 0 saturated heterocycles. The second-order valence-corrected chi connectivity index (χ2v) is 7.33. The van der Waals surface area contributed by atoms with Crippen molar-refractivity contribution in [1.29, 1.82) is 0 Å². The number of unbranched alkanes of at least 4 members (excludes halogenated alkanes) is 2. The normalized spacial score (nSPS) is 12.7. The Balaban J connectivity index is 1.88. The first-order valence-corrected chi connectivity index (χ1v) is 9.41. The van der Waals surface area contributed by atoms with E-state index in [2.05, 4.69) is 17.6 Å². The lowest BCUT2D eigenvalue weighted by atomic mass is 10.1. The van der Waals surface area contributed by atoms with Crippen LogP contribution in [0.5, 0.6) is 0 Å². The van der Waals surface area contributed by atoms with Gasteiger partial charge in [-0.3, -0.25) is 0 Å². The molecule has 2 nitrogen and oxygen atoms in total. The molecule has 0 aliphatic heterocycles. The molecular formula is C15H20ClNOS2. The van der Waals surface area contributed by atoms with E-state index in [1.54, 1.807) is 17.6 Å². The molecule has 20 heavy (non-hydrogen) atoms. The average molecular weight is 330 g/mol. The molecule has 0 radical (unpaired) electrons. The highest BCUT2D eigenvalue weighted by Crippen LogP contribution is 2.31. The Labute approximate surface area is 133 Å². The van der Waals surface area contributed by atoms with Crippen LogP contribution in [-0.2, 0) is 0 Å². The summed E-state index contributed by atoms with van der Waals surface area (Å²) in [5.41, 5.74) is 0. The van der Waals surface area contributed by atoms with Gasteiger partial charge in [0, 0.05) is 4.88 Å². The maximum absolute atomic E-state index is 6.04. The van der Waals surface area contributed by atoms with E-state index in [4.69, 9.17) is 16.0 Å². The topological polar surface area (TPSA) is 25.2 Å². The maximum Gasteiger partial charge on any atom is 0.126 e. The van der Waals surface area contributed by atoms with Crippen LogP contribution in [0.15, 0.2) is 34.9 Å². The van der Waals surface area contributed by atoms with Gasteiger partial charge in [-0.05, 0) is 55.7 Å². The molecule has 0 bridgehead atoms. The van der Waals surface area contributed by atoms with Crippen molar-refractivity contribution in [2.45, 2.75) is 25.3 Å². The van der Waals surface area contributed by atoms with E-state index < -0.39 is 0 Å². The van der Waals surface area contributed by atoms with Crippen LogP contribution < -0.4 is 5.32 Å². The number of hydrogen-bond acceptors (Lipinski definition) is 4. The minimum atomic E-state index is 0.114. The molecule has 1 N–H and O–H groups in total. The molecule has 5 heteroatoms. The van der Waals surface area contributed by atoms with Crippen LogP contribution in [0.25, 0.3) is 0 Å². The van der Waals surface area contributed by atoms with Gasteiger partial charge in [0.05, 0.1) is 10.6 Å². The van der Waals surface area contributed by atoms with E-state index in [0.717, 1.165) is 16.6 Å². The average Bonchev–Trinajstić information content (AvgIpc) is 3.10. The SMILES string of the molecule is CSCCCCCNC(c1ccco1)c1ccc(Cl)s1. The molecule has 0 aliphatic rings. The fraction of sp³-hybridized carbons (Fsp3) is 0.467. The molecule has 2 aromatic rings. The van der Waals surface area contributed by atoms with E-state index in [1.165, 1.54) is 29.9 Å². The molecule has 1 atom stereocenters. The summed E-state index contributed by atoms with van der Waals surface area (Å²) in [6, 6.07) is 8.07. The zero-order valence-electron chi connectivity index (χ0n) is 11.6. The molecule has 0 fully saturated rings. The molecule has 2 aromatic heterocycles. The fourth-order valence-corrected chi connectivity index (χ4v) is 3.71. The molecule has 0 saturated carbocycles. The molecule has 0 aromatic carbocycles. The Kier molecular flexibility index (Phi) is 7.00. The molecule has 0 aliphatic carbocycles. The van der Waals surface area contributed by atoms with E-state index in [-0.39, 0.29) is 6.04 Å². The van der Waals surface area contributed by atoms with E-state index in [9.17, 15) is 0 Å². The van der Waals surface area contributed by atoms with Crippen LogP contribution in [0.3, 0.4) is 0 Å². The molecule has 0 spiro atoms. The number of furan rings is 1. The van der Waals surface area contributed by atoms with Crippen molar-refractivity contribution in [3.05, 3.63) is 45.5 Å². The summed E-state index contributed by atoms with van der Waals surface area (Å²) in [5.74, 6) is 2.20. The highest BCUT2D eigenvalue weighted by Gasteiger charge is 2.17. The van der Waals surface area contributed by atoms with Crippen LogP contribution in [0.1, 0.15) is 35.9 Å². The summed E-state index contributed by atoms with van der Waals surface area (Å²) in [6.07, 6.45) is 7.63. The standard InChI is InChI=1S/C15H20ClNOS2/c1-19-11-4-2-3-9-17-15(12-6-5-10-18-12)13-7-8-14(16)20-13/h5-8,10,15,17H,2-4,9,11H2,1H3. The van der Waals surface area contributed by atoms with Crippen LogP contribution in [-0.4, -0.2) is 18.6 Å². The van der Waals surface area contributed by atoms with Crippen molar-refractivity contribution in [1.82, 2.24) is 5.32 Å². The zero-order valence-corrected chi connectivity index (χ0v) is 14.0. The summed E-state index contributed by atoms with van der Waals surface area (Å²) < 4.78 is 6.37. The second kappa shape index (κ2) is 8.78. The molecular weight excluding hydrogens is 310 g/mol. The first-order valence-electron chi connectivity index (χ1n) is 6.82. The van der Waals surface area contributed by atoms with Gasteiger partial charge in [-0.15, -0.1) is 11.3 Å². The molecule has 110 valence electrons. The summed E-state index contributed by atoms with van der Waals surface area (Å²) in [7, 11) is 0. The number of thiophene rings is 1. The summed E-state index contributed by atoms with van der Waals surface area (Å²) >= 11 is 9.56. The Bertz CT molecular complexity index is 484. The molecule has 0 amide bonds. The minimum Gasteiger partial charge on any atom is -0.467 e. The van der Waals surface area contributed by atoms with Crippen molar-refractivity contribution in [2.75, 3.05) is 18.6 Å². The van der Waals surface area contributed by atoms with Crippen molar-refractivity contribution in [3.63, 3.8) is 0 Å². The van der Waals surface area contributed by atoms with Crippen molar-refractivity contribution in [2.24, 2.45) is 0 Å². The number of thioether (sulfide) groups is 1. The number of hydrogen-bond donors (Lipinski definition) is 1. The van der Waals surface area contributed by atoms with Crippen molar-refractivity contribution in [3.8, 4) is 0 Å². The highest BCUT2D eigenvalue weighted by molar-refractivity contribution is 7.98. The maximum atomic E-state index is 6.04. The van der Waals surface area contributed by atoms with Crippen LogP contribution in [0.2, 0.25) is 4.34 Å². The third-order valence-corrected chi connectivity index (χ3v) is 5.07. The highest BCUT2D eigenvalue weighted by atomic mass is 35.5. The van der Waals surface area contributed by atoms with Gasteiger partial charge in [0.25, 0.3) is 0 Å². The second-order valence-electron chi connectivity index (χ2n) is 4.60. The van der Waals surface area contributed by atoms with Crippen molar-refractivity contribution >= 4 is 34.7 Å². The number of rotatable bonds is 9. The van der Waals surface area contributed by atoms with Gasteiger partial charge in [-0.2, -0.15) is 11.8 Å². The molecule has 2 heterocycles. The lowest BCUT2D eigenvalue weighted by Gasteiger charge is -2.15. The molecule has 1 unspecified atom stereocenters. The minimum absolute atomic E-state index is 0.114. The van der Waals surface area contributed by atoms with Crippen LogP contribution in [0.4, 0.5) is 0 Å². The Morgan fingerprint density at radius 2 is 2.20 bits per heavy atom. The smallest absolute Gasteiger partial charge is 0.126 e. The summed E-state index contributed by atoms with van der Waals surface area (Å²) in [6.45, 7) is 0.995. The van der Waals surface area contributed by atoms with Gasteiger partial charge in [-0.1, -0.05) is 18.0 Å². The quantitative estimate of drug-likeness (QED) is 0.639. The Morgan fingerprint density at radius 3 is 2.85 bits per heavy atom. The Hall–Kier alpha value is -0.420. The lowest BCUT2D eigenvalue weighted by molar-refractivity contribution is 0.445. The van der Waals surface area contributed by atoms with Gasteiger partial charge in [-0.25, -0.2) is 0 Å². The van der Waals surface area contributed by atoms with Gasteiger partial charge in [0.1, 0.15) is 11.8 Å². The monoisotopic (exact) mass is 329 g/mol. The molecule has 2 rings (SSSR count). The number of halogens is 1.